The molecule has 0 bridgehead atoms. The van der Waals surface area contributed by atoms with Gasteiger partial charge in [-0.1, -0.05) is 23.9 Å². The second-order valence-corrected chi connectivity index (χ2v) is 4.74. The average Bonchev–Trinajstić information content (AvgIpc) is 2.42. The first-order valence-corrected chi connectivity index (χ1v) is 6.38. The molecule has 1 N–H and O–H groups in total. The third-order valence-corrected chi connectivity index (χ3v) is 3.50. The van der Waals surface area contributed by atoms with E-state index in [9.17, 15) is 9.59 Å². The summed E-state index contributed by atoms with van der Waals surface area (Å²) in [6, 6.07) is 9.19. The number of H-pyrrole nitrogens is 1. The lowest BCUT2D eigenvalue weighted by molar-refractivity contribution is 0.596. The number of nitriles is 1. The van der Waals surface area contributed by atoms with Crippen LogP contribution in [0.5, 0.6) is 0 Å². The summed E-state index contributed by atoms with van der Waals surface area (Å²) in [5.74, 6) is 0.595. The molecule has 0 aliphatic rings. The number of hydrogen-bond donors (Lipinski definition) is 1. The molecule has 6 nitrogen and oxygen atoms in total. The van der Waals surface area contributed by atoms with E-state index in [1.807, 2.05) is 18.2 Å². The summed E-state index contributed by atoms with van der Waals surface area (Å²) >= 11 is 1.34. The van der Waals surface area contributed by atoms with Crippen LogP contribution >= 0.6 is 11.8 Å². The third kappa shape index (κ3) is 3.11. The fourth-order valence-corrected chi connectivity index (χ4v) is 2.29. The van der Waals surface area contributed by atoms with Gasteiger partial charge in [0, 0.05) is 12.8 Å². The van der Waals surface area contributed by atoms with Gasteiger partial charge in [-0.05, 0) is 17.7 Å². The average molecular weight is 274 g/mol. The van der Waals surface area contributed by atoms with E-state index >= 15 is 0 Å². The molecule has 0 spiro atoms. The highest BCUT2D eigenvalue weighted by Gasteiger charge is 2.05. The molecular formula is C12H10N4O2S. The summed E-state index contributed by atoms with van der Waals surface area (Å²) in [6.07, 6.45) is 0. The van der Waals surface area contributed by atoms with Gasteiger partial charge in [-0.3, -0.25) is 19.4 Å². The fourth-order valence-electron chi connectivity index (χ4n) is 1.41. The minimum absolute atomic E-state index is 0.439. The van der Waals surface area contributed by atoms with E-state index in [2.05, 4.69) is 10.1 Å². The van der Waals surface area contributed by atoms with E-state index in [0.717, 1.165) is 5.56 Å². The molecule has 96 valence electrons. The first-order chi connectivity index (χ1) is 9.10. The molecule has 1 aromatic heterocycles. The van der Waals surface area contributed by atoms with E-state index < -0.39 is 11.1 Å². The van der Waals surface area contributed by atoms with Crippen LogP contribution in [0.2, 0.25) is 0 Å². The highest BCUT2D eigenvalue weighted by Crippen LogP contribution is 2.18. The molecule has 0 aliphatic carbocycles. The van der Waals surface area contributed by atoms with Gasteiger partial charge < -0.3 is 0 Å². The van der Waals surface area contributed by atoms with Gasteiger partial charge in [-0.25, -0.2) is 0 Å². The van der Waals surface area contributed by atoms with Crippen LogP contribution in [-0.4, -0.2) is 14.8 Å². The molecule has 0 aliphatic heterocycles. The molecule has 0 amide bonds. The summed E-state index contributed by atoms with van der Waals surface area (Å²) in [5.41, 5.74) is 0.0819. The van der Waals surface area contributed by atoms with Gasteiger partial charge in [0.1, 0.15) is 0 Å². The number of rotatable bonds is 3. The predicted octanol–water partition coefficient (Wildman–Crippen LogP) is 0.633. The van der Waals surface area contributed by atoms with Crippen molar-refractivity contribution < 1.29 is 0 Å². The Morgan fingerprint density at radius 1 is 1.37 bits per heavy atom. The van der Waals surface area contributed by atoms with Gasteiger partial charge in [-0.15, -0.1) is 0 Å². The summed E-state index contributed by atoms with van der Waals surface area (Å²) in [7, 11) is 1.62. The van der Waals surface area contributed by atoms with Gasteiger partial charge in [0.25, 0.3) is 0 Å². The van der Waals surface area contributed by atoms with Crippen molar-refractivity contribution in [3.8, 4) is 6.07 Å². The molecular weight excluding hydrogens is 264 g/mol. The maximum absolute atomic E-state index is 11.2. The Labute approximate surface area is 112 Å². The van der Waals surface area contributed by atoms with Crippen molar-refractivity contribution in [1.29, 1.82) is 5.26 Å². The monoisotopic (exact) mass is 274 g/mol. The Hall–Kier alpha value is -2.33. The fraction of sp³-hybridized carbons (Fsp3) is 0.167. The highest BCUT2D eigenvalue weighted by molar-refractivity contribution is 7.98. The van der Waals surface area contributed by atoms with Crippen molar-refractivity contribution in [2.24, 2.45) is 7.05 Å². The number of aryl methyl sites for hydroxylation is 1. The molecule has 2 aromatic rings. The lowest BCUT2D eigenvalue weighted by Gasteiger charge is -2.05. The third-order valence-electron chi connectivity index (χ3n) is 2.40. The Balaban J connectivity index is 2.14. The smallest absolute Gasteiger partial charge is 0.265 e. The number of hydrogen-bond acceptors (Lipinski definition) is 5. The standard InChI is InChI=1S/C12H10N4O2S/c1-16-12(14-10(17)11(18)15-16)19-7-9-4-2-8(6-13)3-5-9/h2-5H,7H2,1H3,(H,15,18). The molecule has 0 radical (unpaired) electrons. The van der Waals surface area contributed by atoms with Gasteiger partial charge in [0.05, 0.1) is 11.6 Å². The number of nitrogens with one attached hydrogen (secondary N) is 1. The lowest BCUT2D eigenvalue weighted by Crippen LogP contribution is -2.33. The maximum Gasteiger partial charge on any atom is 0.339 e. The van der Waals surface area contributed by atoms with Crippen LogP contribution in [0.4, 0.5) is 0 Å². The van der Waals surface area contributed by atoms with Crippen molar-refractivity contribution in [3.63, 3.8) is 0 Å². The SMILES string of the molecule is Cn1[nH]c(=O)c(=O)nc1SCc1ccc(C#N)cc1. The summed E-state index contributed by atoms with van der Waals surface area (Å²) in [6.45, 7) is 0. The zero-order valence-electron chi connectivity index (χ0n) is 10.1. The van der Waals surface area contributed by atoms with E-state index in [0.29, 0.717) is 16.5 Å². The molecule has 7 heteroatoms. The van der Waals surface area contributed by atoms with Crippen molar-refractivity contribution in [2.45, 2.75) is 10.9 Å². The van der Waals surface area contributed by atoms with Crippen molar-refractivity contribution in [1.82, 2.24) is 14.8 Å². The van der Waals surface area contributed by atoms with E-state index in [1.165, 1.54) is 16.4 Å². The Morgan fingerprint density at radius 2 is 2.05 bits per heavy atom. The molecule has 1 aromatic carbocycles. The Morgan fingerprint density at radius 3 is 2.68 bits per heavy atom. The number of nitrogens with zero attached hydrogens (tertiary/aromatic N) is 3. The van der Waals surface area contributed by atoms with Gasteiger partial charge in [0.2, 0.25) is 0 Å². The number of aromatic amines is 1. The van der Waals surface area contributed by atoms with Crippen LogP contribution in [0.25, 0.3) is 0 Å². The second kappa shape index (κ2) is 5.54. The Bertz CT molecular complexity index is 740. The molecule has 0 unspecified atom stereocenters. The topological polar surface area (TPSA) is 91.5 Å². The second-order valence-electron chi connectivity index (χ2n) is 3.80. The maximum atomic E-state index is 11.2. The predicted molar refractivity (Wildman–Crippen MR) is 70.8 cm³/mol. The van der Waals surface area contributed by atoms with E-state index in [4.69, 9.17) is 5.26 Å². The largest absolute Gasteiger partial charge is 0.339 e. The lowest BCUT2D eigenvalue weighted by atomic mass is 10.2. The Kier molecular flexibility index (Phi) is 3.82. The van der Waals surface area contributed by atoms with Crippen LogP contribution in [0, 0.1) is 11.3 Å². The zero-order chi connectivity index (χ0) is 13.8. The number of aromatic nitrogens is 3. The van der Waals surface area contributed by atoms with Gasteiger partial charge in [0.15, 0.2) is 5.16 Å². The van der Waals surface area contributed by atoms with Crippen LogP contribution in [0.15, 0.2) is 39.0 Å². The quantitative estimate of drug-likeness (QED) is 0.655. The van der Waals surface area contributed by atoms with Crippen molar-refractivity contribution in [2.75, 3.05) is 0 Å². The van der Waals surface area contributed by atoms with Gasteiger partial charge >= 0.3 is 11.1 Å². The van der Waals surface area contributed by atoms with E-state index in [1.54, 1.807) is 19.2 Å². The van der Waals surface area contributed by atoms with Crippen LogP contribution in [0.3, 0.4) is 0 Å². The molecule has 0 atom stereocenters. The summed E-state index contributed by atoms with van der Waals surface area (Å²) in [4.78, 5) is 25.9. The van der Waals surface area contributed by atoms with Crippen LogP contribution in [0.1, 0.15) is 11.1 Å². The first-order valence-electron chi connectivity index (χ1n) is 5.39. The number of benzene rings is 1. The molecule has 19 heavy (non-hydrogen) atoms. The number of thioether (sulfide) groups is 1. The summed E-state index contributed by atoms with van der Waals surface area (Å²) < 4.78 is 1.41. The minimum atomic E-state index is -0.791. The van der Waals surface area contributed by atoms with E-state index in [-0.39, 0.29) is 0 Å². The first kappa shape index (κ1) is 13.1. The van der Waals surface area contributed by atoms with Crippen LogP contribution < -0.4 is 11.1 Å². The van der Waals surface area contributed by atoms with Crippen molar-refractivity contribution in [3.05, 3.63) is 56.1 Å². The highest BCUT2D eigenvalue weighted by atomic mass is 32.2. The molecule has 1 heterocycles. The normalized spacial score (nSPS) is 10.1. The molecule has 0 saturated carbocycles. The minimum Gasteiger partial charge on any atom is -0.265 e. The van der Waals surface area contributed by atoms with Crippen molar-refractivity contribution >= 4 is 11.8 Å². The molecule has 0 saturated heterocycles. The molecule has 2 rings (SSSR count). The van der Waals surface area contributed by atoms with Crippen LogP contribution in [-0.2, 0) is 12.8 Å². The molecule has 0 fully saturated rings. The summed E-state index contributed by atoms with van der Waals surface area (Å²) in [5, 5.41) is 11.5. The zero-order valence-corrected chi connectivity index (χ0v) is 10.9. The van der Waals surface area contributed by atoms with Gasteiger partial charge in [-0.2, -0.15) is 10.2 Å².